The Kier molecular flexibility index (Phi) is 3.49. The topological polar surface area (TPSA) is 58.4 Å². The van der Waals surface area contributed by atoms with Gasteiger partial charge in [-0.1, -0.05) is 0 Å². The summed E-state index contributed by atoms with van der Waals surface area (Å²) >= 11 is 0. The van der Waals surface area contributed by atoms with Crippen molar-refractivity contribution >= 4 is 5.91 Å². The van der Waals surface area contributed by atoms with Crippen LogP contribution in [0.1, 0.15) is 6.42 Å². The highest BCUT2D eigenvalue weighted by atomic mass is 16.1. The number of hydrogen-bond donors (Lipinski definition) is 2. The lowest BCUT2D eigenvalue weighted by Gasteiger charge is -2.28. The van der Waals surface area contributed by atoms with Crippen LogP contribution in [0.3, 0.4) is 0 Å². The molecule has 0 aromatic rings. The molecule has 70 valence electrons. The van der Waals surface area contributed by atoms with E-state index in [2.05, 4.69) is 5.32 Å². The SMILES string of the molecule is CN(CCC1CNC1)CC(N)=O. The van der Waals surface area contributed by atoms with Gasteiger partial charge in [-0.25, -0.2) is 0 Å². The lowest BCUT2D eigenvalue weighted by molar-refractivity contribution is -0.118. The van der Waals surface area contributed by atoms with E-state index in [9.17, 15) is 4.79 Å². The molecule has 1 aliphatic rings. The van der Waals surface area contributed by atoms with Gasteiger partial charge >= 0.3 is 0 Å². The average molecular weight is 171 g/mol. The van der Waals surface area contributed by atoms with E-state index in [1.165, 1.54) is 0 Å². The minimum Gasteiger partial charge on any atom is -0.369 e. The largest absolute Gasteiger partial charge is 0.369 e. The van der Waals surface area contributed by atoms with Crippen LogP contribution in [0.5, 0.6) is 0 Å². The molecule has 1 saturated heterocycles. The van der Waals surface area contributed by atoms with Crippen LogP contribution in [0.25, 0.3) is 0 Å². The van der Waals surface area contributed by atoms with Crippen LogP contribution in [-0.2, 0) is 4.79 Å². The van der Waals surface area contributed by atoms with Crippen molar-refractivity contribution in [3.8, 4) is 0 Å². The Bertz CT molecular complexity index is 156. The molecular weight excluding hydrogens is 154 g/mol. The highest BCUT2D eigenvalue weighted by molar-refractivity contribution is 5.75. The van der Waals surface area contributed by atoms with Gasteiger partial charge in [0.2, 0.25) is 5.91 Å². The monoisotopic (exact) mass is 171 g/mol. The number of carbonyl (C=O) groups excluding carboxylic acids is 1. The number of nitrogens with zero attached hydrogens (tertiary/aromatic N) is 1. The molecule has 1 rings (SSSR count). The van der Waals surface area contributed by atoms with Crippen molar-refractivity contribution in [3.63, 3.8) is 0 Å². The number of rotatable bonds is 5. The molecule has 12 heavy (non-hydrogen) atoms. The third-order valence-electron chi connectivity index (χ3n) is 2.21. The fraction of sp³-hybridized carbons (Fsp3) is 0.875. The van der Waals surface area contributed by atoms with Crippen molar-refractivity contribution in [2.45, 2.75) is 6.42 Å². The van der Waals surface area contributed by atoms with Gasteiger partial charge in [0.25, 0.3) is 0 Å². The van der Waals surface area contributed by atoms with Crippen LogP contribution >= 0.6 is 0 Å². The third-order valence-corrected chi connectivity index (χ3v) is 2.21. The normalized spacial score (nSPS) is 17.8. The molecule has 1 heterocycles. The molecule has 3 N–H and O–H groups in total. The van der Waals surface area contributed by atoms with Crippen molar-refractivity contribution < 1.29 is 4.79 Å². The van der Waals surface area contributed by atoms with Gasteiger partial charge in [0.1, 0.15) is 0 Å². The standard InChI is InChI=1S/C8H17N3O/c1-11(6-8(9)12)3-2-7-4-10-5-7/h7,10H,2-6H2,1H3,(H2,9,12). The molecular formula is C8H17N3O. The molecule has 1 amide bonds. The Labute approximate surface area is 73.1 Å². The molecule has 0 aromatic heterocycles. The van der Waals surface area contributed by atoms with Gasteiger partial charge in [-0.15, -0.1) is 0 Å². The molecule has 1 fully saturated rings. The minimum absolute atomic E-state index is 0.246. The zero-order valence-electron chi connectivity index (χ0n) is 7.55. The Morgan fingerprint density at radius 2 is 2.33 bits per heavy atom. The molecule has 4 nitrogen and oxygen atoms in total. The van der Waals surface area contributed by atoms with E-state index >= 15 is 0 Å². The van der Waals surface area contributed by atoms with Crippen molar-refractivity contribution in [1.29, 1.82) is 0 Å². The summed E-state index contributed by atoms with van der Waals surface area (Å²) in [7, 11) is 1.93. The summed E-state index contributed by atoms with van der Waals surface area (Å²) in [5, 5.41) is 3.22. The van der Waals surface area contributed by atoms with Crippen LogP contribution in [0.15, 0.2) is 0 Å². The molecule has 0 aromatic carbocycles. The van der Waals surface area contributed by atoms with Gasteiger partial charge in [0.05, 0.1) is 6.54 Å². The molecule has 0 bridgehead atoms. The van der Waals surface area contributed by atoms with E-state index in [1.807, 2.05) is 11.9 Å². The number of likely N-dealkylation sites (N-methyl/N-ethyl adjacent to an activating group) is 1. The average Bonchev–Trinajstić information content (AvgIpc) is 1.81. The first-order chi connectivity index (χ1) is 5.68. The zero-order chi connectivity index (χ0) is 8.97. The van der Waals surface area contributed by atoms with Crippen LogP contribution in [0, 0.1) is 5.92 Å². The summed E-state index contributed by atoms with van der Waals surface area (Å²) < 4.78 is 0. The predicted molar refractivity (Wildman–Crippen MR) is 47.7 cm³/mol. The Balaban J connectivity index is 2.00. The maximum absolute atomic E-state index is 10.5. The maximum Gasteiger partial charge on any atom is 0.231 e. The van der Waals surface area contributed by atoms with E-state index in [0.29, 0.717) is 6.54 Å². The van der Waals surface area contributed by atoms with Crippen molar-refractivity contribution in [2.24, 2.45) is 11.7 Å². The minimum atomic E-state index is -0.246. The second-order valence-electron chi connectivity index (χ2n) is 3.52. The summed E-state index contributed by atoms with van der Waals surface area (Å²) in [6.07, 6.45) is 1.16. The van der Waals surface area contributed by atoms with E-state index in [4.69, 9.17) is 5.73 Å². The zero-order valence-corrected chi connectivity index (χ0v) is 7.55. The van der Waals surface area contributed by atoms with Crippen LogP contribution < -0.4 is 11.1 Å². The fourth-order valence-corrected chi connectivity index (χ4v) is 1.30. The van der Waals surface area contributed by atoms with Crippen LogP contribution in [0.2, 0.25) is 0 Å². The predicted octanol–water partition coefficient (Wildman–Crippen LogP) is -0.987. The third kappa shape index (κ3) is 3.19. The Morgan fingerprint density at radius 1 is 1.67 bits per heavy atom. The fourth-order valence-electron chi connectivity index (χ4n) is 1.30. The van der Waals surface area contributed by atoms with E-state index in [0.717, 1.165) is 32.0 Å². The van der Waals surface area contributed by atoms with Crippen molar-refractivity contribution in [3.05, 3.63) is 0 Å². The molecule has 0 aliphatic carbocycles. The molecule has 0 saturated carbocycles. The summed E-state index contributed by atoms with van der Waals surface area (Å²) in [5.41, 5.74) is 5.05. The summed E-state index contributed by atoms with van der Waals surface area (Å²) in [4.78, 5) is 12.5. The van der Waals surface area contributed by atoms with Crippen molar-refractivity contribution in [1.82, 2.24) is 10.2 Å². The summed E-state index contributed by atoms with van der Waals surface area (Å²) in [6, 6.07) is 0. The highest BCUT2D eigenvalue weighted by Crippen LogP contribution is 2.07. The van der Waals surface area contributed by atoms with Crippen molar-refractivity contribution in [2.75, 3.05) is 33.2 Å². The lowest BCUT2D eigenvalue weighted by atomic mass is 9.99. The van der Waals surface area contributed by atoms with E-state index < -0.39 is 0 Å². The van der Waals surface area contributed by atoms with Gasteiger partial charge in [-0.2, -0.15) is 0 Å². The second-order valence-corrected chi connectivity index (χ2v) is 3.52. The highest BCUT2D eigenvalue weighted by Gasteiger charge is 2.16. The first kappa shape index (κ1) is 9.48. The quantitative estimate of drug-likeness (QED) is 0.558. The molecule has 1 aliphatic heterocycles. The summed E-state index contributed by atoms with van der Waals surface area (Å²) in [6.45, 7) is 3.60. The number of amides is 1. The molecule has 0 spiro atoms. The molecule has 0 radical (unpaired) electrons. The van der Waals surface area contributed by atoms with Gasteiger partial charge in [-0.3, -0.25) is 9.69 Å². The molecule has 0 unspecified atom stereocenters. The number of hydrogen-bond acceptors (Lipinski definition) is 3. The van der Waals surface area contributed by atoms with E-state index in [1.54, 1.807) is 0 Å². The first-order valence-corrected chi connectivity index (χ1v) is 4.36. The van der Waals surface area contributed by atoms with Gasteiger partial charge in [0.15, 0.2) is 0 Å². The van der Waals surface area contributed by atoms with Crippen LogP contribution in [0.4, 0.5) is 0 Å². The number of nitrogens with one attached hydrogen (secondary N) is 1. The van der Waals surface area contributed by atoms with E-state index in [-0.39, 0.29) is 5.91 Å². The number of primary amides is 1. The molecule has 4 heteroatoms. The Morgan fingerprint density at radius 3 is 2.75 bits per heavy atom. The van der Waals surface area contributed by atoms with Gasteiger partial charge < -0.3 is 11.1 Å². The lowest BCUT2D eigenvalue weighted by Crippen LogP contribution is -2.43. The van der Waals surface area contributed by atoms with Gasteiger partial charge in [0, 0.05) is 0 Å². The maximum atomic E-state index is 10.5. The smallest absolute Gasteiger partial charge is 0.231 e. The molecule has 0 atom stereocenters. The number of carbonyl (C=O) groups is 1. The Hall–Kier alpha value is -0.610. The number of nitrogens with two attached hydrogens (primary N) is 1. The summed E-state index contributed by atoms with van der Waals surface area (Å²) in [5.74, 6) is 0.560. The second kappa shape index (κ2) is 4.42. The van der Waals surface area contributed by atoms with Gasteiger partial charge in [-0.05, 0) is 39.0 Å². The first-order valence-electron chi connectivity index (χ1n) is 4.36. The van der Waals surface area contributed by atoms with Crippen LogP contribution in [-0.4, -0.2) is 44.0 Å².